The lowest BCUT2D eigenvalue weighted by Gasteiger charge is -2.39. The van der Waals surface area contributed by atoms with Crippen molar-refractivity contribution in [3.8, 4) is 5.75 Å². The molecule has 2 rings (SSSR count). The number of hydrogen-bond donors (Lipinski definition) is 1. The zero-order valence-electron chi connectivity index (χ0n) is 12.9. The molecule has 1 saturated heterocycles. The van der Waals surface area contributed by atoms with Gasteiger partial charge in [-0.3, -0.25) is 4.68 Å². The van der Waals surface area contributed by atoms with Gasteiger partial charge in [-0.1, -0.05) is 20.8 Å². The Hall–Kier alpha value is -1.07. The zero-order valence-corrected chi connectivity index (χ0v) is 12.9. The lowest BCUT2D eigenvalue weighted by Crippen LogP contribution is -2.42. The number of rotatable bonds is 5. The molecule has 0 saturated carbocycles. The fraction of sp³-hybridized carbons (Fsp3) is 0.800. The summed E-state index contributed by atoms with van der Waals surface area (Å²) in [5, 5.41) is 15.5. The van der Waals surface area contributed by atoms with Gasteiger partial charge >= 0.3 is 0 Å². The molecular formula is C15H26N2O3. The normalized spacial score (nSPS) is 27.0. The number of aryl methyl sites for hydroxylation is 1. The first-order valence-electron chi connectivity index (χ1n) is 7.46. The molecule has 20 heavy (non-hydrogen) atoms. The van der Waals surface area contributed by atoms with Crippen molar-refractivity contribution in [2.45, 2.75) is 58.3 Å². The van der Waals surface area contributed by atoms with Crippen LogP contribution in [0.3, 0.4) is 0 Å². The van der Waals surface area contributed by atoms with Gasteiger partial charge < -0.3 is 14.6 Å². The van der Waals surface area contributed by atoms with Gasteiger partial charge in [-0.2, -0.15) is 5.10 Å². The van der Waals surface area contributed by atoms with E-state index in [1.807, 2.05) is 4.68 Å². The molecule has 0 aliphatic carbocycles. The van der Waals surface area contributed by atoms with Crippen LogP contribution in [0.2, 0.25) is 0 Å². The van der Waals surface area contributed by atoms with Gasteiger partial charge in [-0.05, 0) is 12.3 Å². The molecule has 1 aliphatic rings. The molecule has 2 heterocycles. The van der Waals surface area contributed by atoms with Crippen molar-refractivity contribution in [3.63, 3.8) is 0 Å². The van der Waals surface area contributed by atoms with Gasteiger partial charge in [0.05, 0.1) is 26.0 Å². The molecule has 114 valence electrons. The lowest BCUT2D eigenvalue weighted by atomic mass is 9.83. The van der Waals surface area contributed by atoms with Gasteiger partial charge in [0.1, 0.15) is 11.3 Å². The summed E-state index contributed by atoms with van der Waals surface area (Å²) < 4.78 is 13.1. The van der Waals surface area contributed by atoms with E-state index in [0.29, 0.717) is 31.1 Å². The fourth-order valence-corrected chi connectivity index (χ4v) is 2.88. The molecule has 0 bridgehead atoms. The summed E-state index contributed by atoms with van der Waals surface area (Å²) in [6, 6.07) is 0. The third-order valence-electron chi connectivity index (χ3n) is 4.03. The maximum absolute atomic E-state index is 11.1. The second kappa shape index (κ2) is 6.14. The molecule has 0 radical (unpaired) electrons. The highest BCUT2D eigenvalue weighted by molar-refractivity contribution is 5.31. The first-order chi connectivity index (χ1) is 9.51. The molecule has 1 fully saturated rings. The molecule has 1 aromatic rings. The third-order valence-corrected chi connectivity index (χ3v) is 4.03. The SMILES string of the molecule is CCCn1ncc(OC)c1C1(O)CCOC(C(C)C)C1. The highest BCUT2D eigenvalue weighted by atomic mass is 16.5. The number of nitrogens with zero attached hydrogens (tertiary/aromatic N) is 2. The van der Waals surface area contributed by atoms with Gasteiger partial charge in [0.25, 0.3) is 0 Å². The Labute approximate surface area is 120 Å². The Kier molecular flexibility index (Phi) is 4.70. The van der Waals surface area contributed by atoms with Crippen LogP contribution in [0.15, 0.2) is 6.20 Å². The number of aromatic nitrogens is 2. The van der Waals surface area contributed by atoms with Crippen molar-refractivity contribution >= 4 is 0 Å². The maximum Gasteiger partial charge on any atom is 0.162 e. The molecule has 5 heteroatoms. The zero-order chi connectivity index (χ0) is 14.8. The van der Waals surface area contributed by atoms with Crippen molar-refractivity contribution in [2.24, 2.45) is 5.92 Å². The number of methoxy groups -OCH3 is 1. The molecular weight excluding hydrogens is 256 g/mol. The molecule has 0 amide bonds. The van der Waals surface area contributed by atoms with Crippen LogP contribution < -0.4 is 4.74 Å². The minimum absolute atomic E-state index is 0.0726. The molecule has 1 aliphatic heterocycles. The highest BCUT2D eigenvalue weighted by Gasteiger charge is 2.42. The minimum atomic E-state index is -0.912. The van der Waals surface area contributed by atoms with Crippen molar-refractivity contribution in [1.82, 2.24) is 9.78 Å². The third kappa shape index (κ3) is 2.83. The monoisotopic (exact) mass is 282 g/mol. The minimum Gasteiger partial charge on any atom is -0.493 e. The Balaban J connectivity index is 2.34. The molecule has 1 N–H and O–H groups in total. The predicted octanol–water partition coefficient (Wildman–Crippen LogP) is 2.32. The van der Waals surface area contributed by atoms with E-state index < -0.39 is 5.60 Å². The lowest BCUT2D eigenvalue weighted by molar-refractivity contribution is -0.125. The summed E-state index contributed by atoms with van der Waals surface area (Å²) in [7, 11) is 1.62. The Bertz CT molecular complexity index is 444. The first-order valence-corrected chi connectivity index (χ1v) is 7.46. The van der Waals surface area contributed by atoms with Crippen LogP contribution in [-0.4, -0.2) is 34.7 Å². The maximum atomic E-state index is 11.1. The summed E-state index contributed by atoms with van der Waals surface area (Å²) in [5.41, 5.74) is -0.111. The summed E-state index contributed by atoms with van der Waals surface area (Å²) in [6.45, 7) is 7.70. The van der Waals surface area contributed by atoms with Crippen LogP contribution in [0.25, 0.3) is 0 Å². The Morgan fingerprint density at radius 1 is 1.60 bits per heavy atom. The van der Waals surface area contributed by atoms with Crippen molar-refractivity contribution in [1.29, 1.82) is 0 Å². The van der Waals surface area contributed by atoms with Gasteiger partial charge in [0, 0.05) is 19.4 Å². The quantitative estimate of drug-likeness (QED) is 0.900. The molecule has 5 nitrogen and oxygen atoms in total. The highest BCUT2D eigenvalue weighted by Crippen LogP contribution is 2.40. The van der Waals surface area contributed by atoms with Gasteiger partial charge in [-0.15, -0.1) is 0 Å². The van der Waals surface area contributed by atoms with Crippen LogP contribution in [0.4, 0.5) is 0 Å². The van der Waals surface area contributed by atoms with Crippen molar-refractivity contribution < 1.29 is 14.6 Å². The molecule has 2 atom stereocenters. The first kappa shape index (κ1) is 15.3. The van der Waals surface area contributed by atoms with Gasteiger partial charge in [-0.25, -0.2) is 0 Å². The summed E-state index contributed by atoms with van der Waals surface area (Å²) >= 11 is 0. The Morgan fingerprint density at radius 2 is 2.35 bits per heavy atom. The van der Waals surface area contributed by atoms with E-state index in [2.05, 4.69) is 25.9 Å². The second-order valence-corrected chi connectivity index (χ2v) is 5.92. The average molecular weight is 282 g/mol. The van der Waals surface area contributed by atoms with Gasteiger partial charge in [0.2, 0.25) is 0 Å². The average Bonchev–Trinajstić information content (AvgIpc) is 2.83. The second-order valence-electron chi connectivity index (χ2n) is 5.92. The summed E-state index contributed by atoms with van der Waals surface area (Å²) in [6.07, 6.45) is 3.92. The smallest absolute Gasteiger partial charge is 0.162 e. The van der Waals surface area contributed by atoms with Crippen LogP contribution in [0, 0.1) is 5.92 Å². The van der Waals surface area contributed by atoms with E-state index in [9.17, 15) is 5.11 Å². The van der Waals surface area contributed by atoms with Crippen LogP contribution in [0.1, 0.15) is 45.7 Å². The largest absolute Gasteiger partial charge is 0.493 e. The van der Waals surface area contributed by atoms with Gasteiger partial charge in [0.15, 0.2) is 5.75 Å². The van der Waals surface area contributed by atoms with E-state index >= 15 is 0 Å². The van der Waals surface area contributed by atoms with E-state index in [0.717, 1.165) is 18.7 Å². The topological polar surface area (TPSA) is 56.5 Å². The predicted molar refractivity (Wildman–Crippen MR) is 76.8 cm³/mol. The Morgan fingerprint density at radius 3 is 2.95 bits per heavy atom. The number of ether oxygens (including phenoxy) is 2. The molecule has 0 aromatic carbocycles. The van der Waals surface area contributed by atoms with E-state index in [-0.39, 0.29) is 6.10 Å². The van der Waals surface area contributed by atoms with E-state index in [4.69, 9.17) is 9.47 Å². The molecule has 1 aromatic heterocycles. The molecule has 0 spiro atoms. The summed E-state index contributed by atoms with van der Waals surface area (Å²) in [4.78, 5) is 0. The van der Waals surface area contributed by atoms with Crippen LogP contribution in [0.5, 0.6) is 5.75 Å². The summed E-state index contributed by atoms with van der Waals surface area (Å²) in [5.74, 6) is 1.06. The molecule has 2 unspecified atom stereocenters. The fourth-order valence-electron chi connectivity index (χ4n) is 2.88. The van der Waals surface area contributed by atoms with Crippen LogP contribution >= 0.6 is 0 Å². The van der Waals surface area contributed by atoms with Crippen molar-refractivity contribution in [3.05, 3.63) is 11.9 Å². The van der Waals surface area contributed by atoms with E-state index in [1.54, 1.807) is 13.3 Å². The number of aliphatic hydroxyl groups is 1. The number of hydrogen-bond acceptors (Lipinski definition) is 4. The van der Waals surface area contributed by atoms with Crippen molar-refractivity contribution in [2.75, 3.05) is 13.7 Å². The van der Waals surface area contributed by atoms with Crippen LogP contribution in [-0.2, 0) is 16.9 Å². The standard InChI is InChI=1S/C15H26N2O3/c1-5-7-17-14(13(19-4)10-16-17)15(18)6-8-20-12(9-15)11(2)3/h10-12,18H,5-9H2,1-4H3. The van der Waals surface area contributed by atoms with E-state index in [1.165, 1.54) is 0 Å².